The van der Waals surface area contributed by atoms with Crippen LogP contribution in [-0.2, 0) is 5.41 Å². The molecule has 2 aliphatic rings. The van der Waals surface area contributed by atoms with E-state index < -0.39 is 5.41 Å². The normalized spacial score (nSPS) is 13.3. The van der Waals surface area contributed by atoms with Crippen LogP contribution >= 0.6 is 11.8 Å². The number of hydrogen-bond acceptors (Lipinski definition) is 5. The van der Waals surface area contributed by atoms with Crippen molar-refractivity contribution >= 4 is 33.7 Å². The quantitative estimate of drug-likeness (QED) is 0.180. The third-order valence-corrected chi connectivity index (χ3v) is 12.7. The molecule has 0 saturated carbocycles. The Kier molecular flexibility index (Phi) is 7.04. The minimum Gasteiger partial charge on any atom is -0.456 e. The molecule has 1 spiro atoms. The van der Waals surface area contributed by atoms with Gasteiger partial charge < -0.3 is 4.42 Å². The first-order valence-corrected chi connectivity index (χ1v) is 20.0. The van der Waals surface area contributed by atoms with Crippen molar-refractivity contribution in [1.82, 2.24) is 15.0 Å². The lowest BCUT2D eigenvalue weighted by atomic mass is 9.67. The largest absolute Gasteiger partial charge is 0.456 e. The molecule has 8 aromatic carbocycles. The molecule has 12 rings (SSSR count). The van der Waals surface area contributed by atoms with Gasteiger partial charge in [0, 0.05) is 37.3 Å². The van der Waals surface area contributed by atoms with Gasteiger partial charge in [0.1, 0.15) is 11.2 Å². The maximum Gasteiger partial charge on any atom is 0.164 e. The van der Waals surface area contributed by atoms with Crippen LogP contribution in [0.1, 0.15) is 22.3 Å². The van der Waals surface area contributed by atoms with Crippen LogP contribution in [0.25, 0.3) is 78.4 Å². The van der Waals surface area contributed by atoms with Crippen molar-refractivity contribution in [2.75, 3.05) is 0 Å². The van der Waals surface area contributed by atoms with Crippen molar-refractivity contribution in [1.29, 1.82) is 0 Å². The monoisotopic (exact) mass is 745 g/mol. The first-order valence-electron chi connectivity index (χ1n) is 19.2. The second-order valence-corrected chi connectivity index (χ2v) is 15.8. The first-order chi connectivity index (χ1) is 28.2. The van der Waals surface area contributed by atoms with E-state index >= 15 is 0 Å². The van der Waals surface area contributed by atoms with Crippen LogP contribution in [0.5, 0.6) is 0 Å². The van der Waals surface area contributed by atoms with Crippen molar-refractivity contribution in [3.63, 3.8) is 0 Å². The highest BCUT2D eigenvalue weighted by Crippen LogP contribution is 2.62. The summed E-state index contributed by atoms with van der Waals surface area (Å²) >= 11 is 1.84. The summed E-state index contributed by atoms with van der Waals surface area (Å²) in [6, 6.07) is 66.6. The van der Waals surface area contributed by atoms with Crippen LogP contribution < -0.4 is 0 Å². The van der Waals surface area contributed by atoms with E-state index in [1.54, 1.807) is 0 Å². The molecule has 0 saturated heterocycles. The van der Waals surface area contributed by atoms with Crippen LogP contribution in [0.15, 0.2) is 202 Å². The maximum absolute atomic E-state index is 6.75. The molecule has 2 aromatic heterocycles. The summed E-state index contributed by atoms with van der Waals surface area (Å²) in [5.74, 6) is 1.87. The van der Waals surface area contributed by atoms with Gasteiger partial charge in [-0.25, -0.2) is 15.0 Å². The average Bonchev–Trinajstić information content (AvgIpc) is 3.79. The van der Waals surface area contributed by atoms with Gasteiger partial charge in [-0.05, 0) is 80.9 Å². The molecule has 0 unspecified atom stereocenters. The van der Waals surface area contributed by atoms with Gasteiger partial charge in [0.05, 0.1) is 5.41 Å². The standard InChI is InChI=1S/C52H31N3OS/c1-3-13-32(14-4-1)33-23-25-35(26-24-33)50-53-49(34-15-5-2-6-16-34)54-51(55-50)36-27-28-45-39(29-36)40-30-48-44(31-46(40)56-45)52(43-21-11-12-22-47(43)57-48)41-19-9-7-17-37(41)38-18-8-10-20-42(38)52/h1-31H. The van der Waals surface area contributed by atoms with Gasteiger partial charge in [0.2, 0.25) is 0 Å². The summed E-state index contributed by atoms with van der Waals surface area (Å²) in [4.78, 5) is 17.7. The lowest BCUT2D eigenvalue weighted by Crippen LogP contribution is -2.31. The molecule has 10 aromatic rings. The summed E-state index contributed by atoms with van der Waals surface area (Å²) in [5.41, 5.74) is 14.1. The fraction of sp³-hybridized carbons (Fsp3) is 0.0192. The van der Waals surface area contributed by atoms with Crippen molar-refractivity contribution < 1.29 is 4.42 Å². The molecule has 0 bridgehead atoms. The van der Waals surface area contributed by atoms with Gasteiger partial charge in [-0.2, -0.15) is 0 Å². The number of fused-ring (bicyclic) bond motifs is 12. The minimum atomic E-state index is -0.461. The smallest absolute Gasteiger partial charge is 0.164 e. The van der Waals surface area contributed by atoms with Crippen molar-refractivity contribution in [3.8, 4) is 56.4 Å². The Morgan fingerprint density at radius 3 is 1.53 bits per heavy atom. The second-order valence-electron chi connectivity index (χ2n) is 14.7. The molecule has 0 atom stereocenters. The number of rotatable bonds is 4. The lowest BCUT2D eigenvalue weighted by molar-refractivity contribution is 0.662. The van der Waals surface area contributed by atoms with Gasteiger partial charge in [-0.3, -0.25) is 0 Å². The zero-order valence-corrected chi connectivity index (χ0v) is 31.4. The zero-order valence-electron chi connectivity index (χ0n) is 30.6. The van der Waals surface area contributed by atoms with Crippen LogP contribution in [0.2, 0.25) is 0 Å². The predicted octanol–water partition coefficient (Wildman–Crippen LogP) is 13.3. The molecule has 4 nitrogen and oxygen atoms in total. The molecular weight excluding hydrogens is 715 g/mol. The third-order valence-electron chi connectivity index (χ3n) is 11.6. The highest BCUT2D eigenvalue weighted by atomic mass is 32.2. The zero-order chi connectivity index (χ0) is 37.5. The Morgan fingerprint density at radius 2 is 0.842 bits per heavy atom. The molecule has 0 fully saturated rings. The van der Waals surface area contributed by atoms with Crippen molar-refractivity contribution in [2.45, 2.75) is 15.2 Å². The molecule has 57 heavy (non-hydrogen) atoms. The SMILES string of the molecule is c1ccc(-c2ccc(-c3nc(-c4ccccc4)nc(-c4ccc5oc6cc7c(cc6c5c4)Sc4ccccc4C74c5ccccc5-c5ccccc54)n3)cc2)cc1. The highest BCUT2D eigenvalue weighted by Gasteiger charge is 2.50. The van der Waals surface area contributed by atoms with E-state index in [1.807, 2.05) is 48.2 Å². The molecule has 0 radical (unpaired) electrons. The highest BCUT2D eigenvalue weighted by molar-refractivity contribution is 7.99. The summed E-state index contributed by atoms with van der Waals surface area (Å²) in [7, 11) is 0. The van der Waals surface area contributed by atoms with E-state index in [0.29, 0.717) is 17.5 Å². The molecule has 1 aliphatic carbocycles. The molecule has 1 aliphatic heterocycles. The molecule has 0 N–H and O–H groups in total. The molecule has 266 valence electrons. The van der Waals surface area contributed by atoms with E-state index in [2.05, 4.69) is 152 Å². The van der Waals surface area contributed by atoms with Gasteiger partial charge >= 0.3 is 0 Å². The minimum absolute atomic E-state index is 0.461. The average molecular weight is 746 g/mol. The maximum atomic E-state index is 6.75. The van der Waals surface area contributed by atoms with Crippen LogP contribution in [0, 0.1) is 0 Å². The number of hydrogen-bond donors (Lipinski definition) is 0. The number of aromatic nitrogens is 3. The Balaban J connectivity index is 1.03. The first kappa shape index (κ1) is 32.2. The van der Waals surface area contributed by atoms with Gasteiger partial charge in [0.25, 0.3) is 0 Å². The Hall–Kier alpha value is -7.08. The Labute approximate surface area is 333 Å². The second kappa shape index (κ2) is 12.5. The fourth-order valence-corrected chi connectivity index (χ4v) is 10.3. The summed E-state index contributed by atoms with van der Waals surface area (Å²) in [6.07, 6.45) is 0. The van der Waals surface area contributed by atoms with Gasteiger partial charge in [-0.15, -0.1) is 0 Å². The van der Waals surface area contributed by atoms with Crippen molar-refractivity contribution in [2.24, 2.45) is 0 Å². The lowest BCUT2D eigenvalue weighted by Gasteiger charge is -2.39. The predicted molar refractivity (Wildman–Crippen MR) is 230 cm³/mol. The van der Waals surface area contributed by atoms with E-state index in [1.165, 1.54) is 48.7 Å². The molecular formula is C52H31N3OS. The Bertz CT molecular complexity index is 3160. The molecule has 5 heteroatoms. The molecule has 3 heterocycles. The summed E-state index contributed by atoms with van der Waals surface area (Å²) in [6.45, 7) is 0. The van der Waals surface area contributed by atoms with Gasteiger partial charge in [0.15, 0.2) is 17.5 Å². The topological polar surface area (TPSA) is 51.8 Å². The Morgan fingerprint density at radius 1 is 0.351 bits per heavy atom. The fourth-order valence-electron chi connectivity index (χ4n) is 9.06. The molecule has 0 amide bonds. The summed E-state index contributed by atoms with van der Waals surface area (Å²) < 4.78 is 6.75. The number of furan rings is 1. The number of nitrogens with zero attached hydrogens (tertiary/aromatic N) is 3. The van der Waals surface area contributed by atoms with Crippen LogP contribution in [0.4, 0.5) is 0 Å². The van der Waals surface area contributed by atoms with Crippen LogP contribution in [0.3, 0.4) is 0 Å². The van der Waals surface area contributed by atoms with E-state index in [0.717, 1.165) is 44.2 Å². The van der Waals surface area contributed by atoms with E-state index in [-0.39, 0.29) is 0 Å². The van der Waals surface area contributed by atoms with Crippen molar-refractivity contribution in [3.05, 3.63) is 210 Å². The van der Waals surface area contributed by atoms with Crippen LogP contribution in [-0.4, -0.2) is 15.0 Å². The number of benzene rings is 8. The summed E-state index contributed by atoms with van der Waals surface area (Å²) in [5, 5.41) is 2.10. The third kappa shape index (κ3) is 4.86. The van der Waals surface area contributed by atoms with Gasteiger partial charge in [-0.1, -0.05) is 163 Å². The van der Waals surface area contributed by atoms with E-state index in [9.17, 15) is 0 Å². The van der Waals surface area contributed by atoms with E-state index in [4.69, 9.17) is 19.4 Å².